The first-order chi connectivity index (χ1) is 10.4. The van der Waals surface area contributed by atoms with Crippen molar-refractivity contribution in [2.75, 3.05) is 4.95 Å². The summed E-state index contributed by atoms with van der Waals surface area (Å²) in [6.07, 6.45) is 4.86. The molecule has 0 bridgehead atoms. The van der Waals surface area contributed by atoms with Gasteiger partial charge in [0.15, 0.2) is 9.76 Å². The minimum atomic E-state index is -0.409. The lowest BCUT2D eigenvalue weighted by Gasteiger charge is -2.18. The SMILES string of the molecule is BrC[SiH2]OC(CCc1ccccc1)CCc1ccccc1. The highest BCUT2D eigenvalue weighted by Crippen LogP contribution is 2.13. The Balaban J connectivity index is 1.82. The average molecular weight is 363 g/mol. The third-order valence-corrected chi connectivity index (χ3v) is 5.46. The van der Waals surface area contributed by atoms with E-state index in [2.05, 4.69) is 76.6 Å². The average Bonchev–Trinajstić information content (AvgIpc) is 2.56. The first-order valence-corrected chi connectivity index (χ1v) is 10.3. The Labute approximate surface area is 138 Å². The Morgan fingerprint density at radius 1 is 0.810 bits per heavy atom. The van der Waals surface area contributed by atoms with E-state index in [9.17, 15) is 0 Å². The van der Waals surface area contributed by atoms with Crippen molar-refractivity contribution in [2.24, 2.45) is 0 Å². The molecule has 0 atom stereocenters. The first kappa shape index (κ1) is 16.5. The van der Waals surface area contributed by atoms with Crippen molar-refractivity contribution >= 4 is 25.7 Å². The maximum Gasteiger partial charge on any atom is 0.172 e. The zero-order valence-electron chi connectivity index (χ0n) is 12.4. The predicted octanol–water partition coefficient (Wildman–Crippen LogP) is 4.07. The summed E-state index contributed by atoms with van der Waals surface area (Å²) in [4.78, 5) is 1.04. The Kier molecular flexibility index (Phi) is 7.79. The fraction of sp³-hybridized carbons (Fsp3) is 0.333. The number of aryl methyl sites for hydroxylation is 2. The van der Waals surface area contributed by atoms with Crippen molar-refractivity contribution in [3.05, 3.63) is 71.8 Å². The Morgan fingerprint density at radius 2 is 1.29 bits per heavy atom. The van der Waals surface area contributed by atoms with E-state index in [4.69, 9.17) is 4.43 Å². The van der Waals surface area contributed by atoms with E-state index in [1.54, 1.807) is 0 Å². The summed E-state index contributed by atoms with van der Waals surface area (Å²) in [6, 6.07) is 21.4. The van der Waals surface area contributed by atoms with Gasteiger partial charge in [-0.2, -0.15) is 0 Å². The van der Waals surface area contributed by atoms with Gasteiger partial charge in [0.25, 0.3) is 0 Å². The van der Waals surface area contributed by atoms with E-state index >= 15 is 0 Å². The van der Waals surface area contributed by atoms with E-state index in [0.29, 0.717) is 6.10 Å². The van der Waals surface area contributed by atoms with Crippen LogP contribution in [0.15, 0.2) is 60.7 Å². The van der Waals surface area contributed by atoms with Gasteiger partial charge < -0.3 is 4.43 Å². The van der Waals surface area contributed by atoms with Crippen molar-refractivity contribution < 1.29 is 4.43 Å². The van der Waals surface area contributed by atoms with Crippen molar-refractivity contribution in [1.82, 2.24) is 0 Å². The van der Waals surface area contributed by atoms with Crippen LogP contribution in [-0.4, -0.2) is 20.8 Å². The van der Waals surface area contributed by atoms with Gasteiger partial charge in [-0.1, -0.05) is 76.6 Å². The van der Waals surface area contributed by atoms with Crippen molar-refractivity contribution in [3.8, 4) is 0 Å². The second-order valence-electron chi connectivity index (χ2n) is 5.23. The van der Waals surface area contributed by atoms with Crippen LogP contribution >= 0.6 is 15.9 Å². The number of alkyl halides is 1. The Hall–Kier alpha value is -0.903. The summed E-state index contributed by atoms with van der Waals surface area (Å²) in [5.74, 6) is 0. The number of benzene rings is 2. The first-order valence-electron chi connectivity index (χ1n) is 7.64. The van der Waals surface area contributed by atoms with Gasteiger partial charge in [-0.3, -0.25) is 0 Å². The van der Waals surface area contributed by atoms with Crippen molar-refractivity contribution in [2.45, 2.75) is 31.8 Å². The van der Waals surface area contributed by atoms with Gasteiger partial charge in [-0.15, -0.1) is 0 Å². The van der Waals surface area contributed by atoms with Gasteiger partial charge in [-0.05, 0) is 36.8 Å². The molecular formula is C18H23BrOSi. The molecule has 0 amide bonds. The lowest BCUT2D eigenvalue weighted by atomic mass is 10.0. The molecule has 21 heavy (non-hydrogen) atoms. The smallest absolute Gasteiger partial charge is 0.172 e. The second-order valence-corrected chi connectivity index (χ2v) is 8.73. The molecule has 3 heteroatoms. The summed E-state index contributed by atoms with van der Waals surface area (Å²) in [5, 5.41) is 0. The molecule has 0 spiro atoms. The summed E-state index contributed by atoms with van der Waals surface area (Å²) in [5.41, 5.74) is 2.82. The maximum atomic E-state index is 6.13. The van der Waals surface area contributed by atoms with Crippen LogP contribution in [0, 0.1) is 0 Å². The number of rotatable bonds is 9. The fourth-order valence-corrected chi connectivity index (χ4v) is 3.78. The zero-order valence-corrected chi connectivity index (χ0v) is 15.4. The molecule has 0 aliphatic carbocycles. The summed E-state index contributed by atoms with van der Waals surface area (Å²) in [6.45, 7) is 0. The van der Waals surface area contributed by atoms with Crippen LogP contribution in [0.5, 0.6) is 0 Å². The van der Waals surface area contributed by atoms with Crippen molar-refractivity contribution in [3.63, 3.8) is 0 Å². The quantitative estimate of drug-likeness (QED) is 0.482. The van der Waals surface area contributed by atoms with Gasteiger partial charge in [0, 0.05) is 11.1 Å². The molecule has 0 aromatic heterocycles. The molecule has 2 rings (SSSR count). The summed E-state index contributed by atoms with van der Waals surface area (Å²) >= 11 is 3.51. The van der Waals surface area contributed by atoms with Gasteiger partial charge >= 0.3 is 0 Å². The van der Waals surface area contributed by atoms with Crippen LogP contribution in [0.25, 0.3) is 0 Å². The summed E-state index contributed by atoms with van der Waals surface area (Å²) < 4.78 is 6.13. The molecule has 0 aliphatic heterocycles. The standard InChI is InChI=1S/C18H23BrOSi/c19-15-21-20-18(13-11-16-7-3-1-4-8-16)14-12-17-9-5-2-6-10-17/h1-10,18H,11-15,21H2. The minimum absolute atomic E-state index is 0.398. The van der Waals surface area contributed by atoms with Gasteiger partial charge in [0.2, 0.25) is 0 Å². The van der Waals surface area contributed by atoms with E-state index in [0.717, 1.165) is 30.6 Å². The fourth-order valence-electron chi connectivity index (χ4n) is 2.47. The monoisotopic (exact) mass is 362 g/mol. The van der Waals surface area contributed by atoms with Gasteiger partial charge in [-0.25, -0.2) is 0 Å². The van der Waals surface area contributed by atoms with Crippen LogP contribution in [0.3, 0.4) is 0 Å². The topological polar surface area (TPSA) is 9.23 Å². The Bertz CT molecular complexity index is 446. The number of hydrogen-bond acceptors (Lipinski definition) is 1. The number of hydrogen-bond donors (Lipinski definition) is 0. The molecule has 0 saturated carbocycles. The molecule has 1 nitrogen and oxygen atoms in total. The minimum Gasteiger partial charge on any atom is -0.420 e. The van der Waals surface area contributed by atoms with Crippen LogP contribution in [0.2, 0.25) is 0 Å². The van der Waals surface area contributed by atoms with Crippen LogP contribution in [0.4, 0.5) is 0 Å². The highest BCUT2D eigenvalue weighted by molar-refractivity contribution is 9.09. The van der Waals surface area contributed by atoms with E-state index < -0.39 is 9.76 Å². The predicted molar refractivity (Wildman–Crippen MR) is 96.7 cm³/mol. The third kappa shape index (κ3) is 6.59. The molecule has 0 aliphatic rings. The lowest BCUT2D eigenvalue weighted by Crippen LogP contribution is -2.18. The van der Waals surface area contributed by atoms with Crippen LogP contribution in [0.1, 0.15) is 24.0 Å². The summed E-state index contributed by atoms with van der Waals surface area (Å²) in [7, 11) is -0.409. The molecule has 0 saturated heterocycles. The molecule has 0 heterocycles. The molecule has 2 aromatic rings. The molecule has 0 N–H and O–H groups in total. The highest BCUT2D eigenvalue weighted by atomic mass is 79.9. The van der Waals surface area contributed by atoms with Crippen LogP contribution in [-0.2, 0) is 17.3 Å². The molecule has 0 radical (unpaired) electrons. The second kappa shape index (κ2) is 9.93. The molecule has 0 fully saturated rings. The van der Waals surface area contributed by atoms with E-state index in [-0.39, 0.29) is 0 Å². The van der Waals surface area contributed by atoms with Crippen LogP contribution < -0.4 is 0 Å². The normalized spacial score (nSPS) is 11.5. The molecule has 2 aromatic carbocycles. The highest BCUT2D eigenvalue weighted by Gasteiger charge is 2.09. The molecule has 112 valence electrons. The molecule has 0 unspecified atom stereocenters. The van der Waals surface area contributed by atoms with Gasteiger partial charge in [0.1, 0.15) is 0 Å². The van der Waals surface area contributed by atoms with E-state index in [1.165, 1.54) is 11.1 Å². The lowest BCUT2D eigenvalue weighted by molar-refractivity contribution is 0.192. The van der Waals surface area contributed by atoms with E-state index in [1.807, 2.05) is 0 Å². The zero-order chi connectivity index (χ0) is 14.8. The van der Waals surface area contributed by atoms with Gasteiger partial charge in [0.05, 0.1) is 0 Å². The van der Waals surface area contributed by atoms with Crippen molar-refractivity contribution in [1.29, 1.82) is 0 Å². The Morgan fingerprint density at radius 3 is 1.71 bits per heavy atom. The largest absolute Gasteiger partial charge is 0.420 e. The maximum absolute atomic E-state index is 6.13. The molecular weight excluding hydrogens is 340 g/mol. The third-order valence-electron chi connectivity index (χ3n) is 3.63. The number of halogens is 1.